The first-order valence-electron chi connectivity index (χ1n) is 26.7. The Morgan fingerprint density at radius 1 is 0.308 bits per heavy atom. The van der Waals surface area contributed by atoms with Crippen LogP contribution >= 0.6 is 0 Å². The first kappa shape index (κ1) is 61.3. The summed E-state index contributed by atoms with van der Waals surface area (Å²) >= 11 is 0. The van der Waals surface area contributed by atoms with Crippen molar-refractivity contribution in [1.82, 2.24) is 0 Å². The number of esters is 3. The lowest BCUT2D eigenvalue weighted by molar-refractivity contribution is -0.167. The standard InChI is InChI=1S/C59H98O6/c1-4-7-10-13-16-19-22-25-27-29-31-34-37-40-43-46-49-52-58(61)64-55-56(54-63-57(60)51-48-45-42-39-36-33-24-21-18-15-12-9-6-3)65-59(62)53-50-47-44-41-38-35-32-30-28-26-23-20-17-14-11-8-5-2/h16,19,21,24-28,31-32,34-35,40-41,43-44,56H,4-15,17-18,20,22-23,29-30,33,36-39,42,45-55H2,1-3H3/b19-16-,24-21-,27-25-,28-26-,34-31-,35-32-,43-40-,44-41-/t56-/m0/s1. The van der Waals surface area contributed by atoms with Crippen molar-refractivity contribution in [2.24, 2.45) is 0 Å². The number of unbranched alkanes of at least 4 members (excludes halogenated alkanes) is 20. The molecule has 0 fully saturated rings. The van der Waals surface area contributed by atoms with Crippen LogP contribution in [-0.4, -0.2) is 37.2 Å². The molecule has 0 unspecified atom stereocenters. The predicted octanol–water partition coefficient (Wildman–Crippen LogP) is 17.8. The van der Waals surface area contributed by atoms with Gasteiger partial charge in [-0.2, -0.15) is 0 Å². The second-order valence-corrected chi connectivity index (χ2v) is 17.4. The van der Waals surface area contributed by atoms with Gasteiger partial charge in [0.05, 0.1) is 0 Å². The van der Waals surface area contributed by atoms with Gasteiger partial charge in [0, 0.05) is 19.3 Å². The highest BCUT2D eigenvalue weighted by molar-refractivity contribution is 5.71. The molecule has 65 heavy (non-hydrogen) atoms. The lowest BCUT2D eigenvalue weighted by atomic mass is 10.1. The Morgan fingerprint density at radius 3 is 0.985 bits per heavy atom. The Kier molecular flexibility index (Phi) is 50.0. The van der Waals surface area contributed by atoms with Crippen molar-refractivity contribution in [1.29, 1.82) is 0 Å². The molecule has 0 bridgehead atoms. The van der Waals surface area contributed by atoms with Crippen molar-refractivity contribution >= 4 is 17.9 Å². The molecule has 0 spiro atoms. The van der Waals surface area contributed by atoms with E-state index in [9.17, 15) is 14.4 Å². The van der Waals surface area contributed by atoms with E-state index in [-0.39, 0.29) is 44.0 Å². The molecule has 0 N–H and O–H groups in total. The normalized spacial score (nSPS) is 12.8. The average molecular weight is 903 g/mol. The van der Waals surface area contributed by atoms with E-state index in [4.69, 9.17) is 14.2 Å². The molecule has 0 aliphatic heterocycles. The zero-order chi connectivity index (χ0) is 47.2. The highest BCUT2D eigenvalue weighted by Gasteiger charge is 2.19. The number of ether oxygens (including phenoxy) is 3. The third-order valence-electron chi connectivity index (χ3n) is 11.0. The summed E-state index contributed by atoms with van der Waals surface area (Å²) in [6.45, 7) is 6.48. The number of carbonyl (C=O) groups is 3. The van der Waals surface area contributed by atoms with E-state index in [1.807, 2.05) is 0 Å². The largest absolute Gasteiger partial charge is 0.462 e. The summed E-state index contributed by atoms with van der Waals surface area (Å²) in [5, 5.41) is 0. The molecular formula is C59H98O6. The van der Waals surface area contributed by atoms with Gasteiger partial charge in [-0.05, 0) is 116 Å². The van der Waals surface area contributed by atoms with Gasteiger partial charge in [0.15, 0.2) is 6.10 Å². The monoisotopic (exact) mass is 903 g/mol. The predicted molar refractivity (Wildman–Crippen MR) is 279 cm³/mol. The van der Waals surface area contributed by atoms with E-state index >= 15 is 0 Å². The van der Waals surface area contributed by atoms with E-state index in [1.54, 1.807) is 0 Å². The first-order valence-corrected chi connectivity index (χ1v) is 26.7. The minimum absolute atomic E-state index is 0.120. The molecule has 0 aromatic heterocycles. The second-order valence-electron chi connectivity index (χ2n) is 17.4. The average Bonchev–Trinajstić information content (AvgIpc) is 3.30. The van der Waals surface area contributed by atoms with Crippen LogP contribution in [0.2, 0.25) is 0 Å². The molecule has 0 saturated heterocycles. The number of hydrogen-bond acceptors (Lipinski definition) is 6. The van der Waals surface area contributed by atoms with Crippen LogP contribution < -0.4 is 0 Å². The summed E-state index contributed by atoms with van der Waals surface area (Å²) in [6.07, 6.45) is 69.7. The van der Waals surface area contributed by atoms with Crippen molar-refractivity contribution in [2.45, 2.75) is 245 Å². The molecule has 0 heterocycles. The Labute approximate surface area is 400 Å². The van der Waals surface area contributed by atoms with Gasteiger partial charge in [-0.25, -0.2) is 0 Å². The zero-order valence-corrected chi connectivity index (χ0v) is 42.2. The van der Waals surface area contributed by atoms with Gasteiger partial charge in [0.2, 0.25) is 0 Å². The molecule has 0 rings (SSSR count). The summed E-state index contributed by atoms with van der Waals surface area (Å²) in [7, 11) is 0. The Morgan fingerprint density at radius 2 is 0.569 bits per heavy atom. The first-order chi connectivity index (χ1) is 32.0. The maximum absolute atomic E-state index is 12.8. The topological polar surface area (TPSA) is 78.9 Å². The van der Waals surface area contributed by atoms with Gasteiger partial charge in [-0.3, -0.25) is 14.4 Å². The number of allylic oxidation sites excluding steroid dienone is 16. The fraction of sp³-hybridized carbons (Fsp3) is 0.678. The molecule has 6 nitrogen and oxygen atoms in total. The fourth-order valence-corrected chi connectivity index (χ4v) is 6.97. The van der Waals surface area contributed by atoms with Gasteiger partial charge in [-0.1, -0.05) is 201 Å². The molecule has 370 valence electrons. The van der Waals surface area contributed by atoms with E-state index in [0.29, 0.717) is 19.3 Å². The van der Waals surface area contributed by atoms with Crippen LogP contribution in [0.5, 0.6) is 0 Å². The molecule has 0 radical (unpaired) electrons. The van der Waals surface area contributed by atoms with Crippen LogP contribution in [0.4, 0.5) is 0 Å². The van der Waals surface area contributed by atoms with Crippen LogP contribution in [0.1, 0.15) is 239 Å². The summed E-state index contributed by atoms with van der Waals surface area (Å²) in [6, 6.07) is 0. The smallest absolute Gasteiger partial charge is 0.306 e. The lowest BCUT2D eigenvalue weighted by Gasteiger charge is -2.18. The highest BCUT2D eigenvalue weighted by Crippen LogP contribution is 2.12. The van der Waals surface area contributed by atoms with Crippen LogP contribution in [0.15, 0.2) is 97.2 Å². The third-order valence-corrected chi connectivity index (χ3v) is 11.0. The SMILES string of the molecule is CCCCC/C=C\C/C=C\C/C=C\C/C=C\CCCC(=O)OC[C@H](COC(=O)CCCCCCC/C=C\CCCCCC)OC(=O)CCC/C=C\C/C=C\C/C=C\CCCCCCCC. The van der Waals surface area contributed by atoms with Gasteiger partial charge >= 0.3 is 17.9 Å². The van der Waals surface area contributed by atoms with Crippen molar-refractivity contribution < 1.29 is 28.6 Å². The fourth-order valence-electron chi connectivity index (χ4n) is 6.97. The van der Waals surface area contributed by atoms with Crippen molar-refractivity contribution in [3.8, 4) is 0 Å². The minimum atomic E-state index is -0.829. The molecule has 0 aliphatic rings. The van der Waals surface area contributed by atoms with Gasteiger partial charge in [0.25, 0.3) is 0 Å². The second kappa shape index (κ2) is 52.9. The zero-order valence-electron chi connectivity index (χ0n) is 42.2. The highest BCUT2D eigenvalue weighted by atomic mass is 16.6. The van der Waals surface area contributed by atoms with Crippen molar-refractivity contribution in [3.05, 3.63) is 97.2 Å². The minimum Gasteiger partial charge on any atom is -0.462 e. The van der Waals surface area contributed by atoms with Crippen LogP contribution in [-0.2, 0) is 28.6 Å². The van der Waals surface area contributed by atoms with E-state index < -0.39 is 6.10 Å². The van der Waals surface area contributed by atoms with Crippen molar-refractivity contribution in [3.63, 3.8) is 0 Å². The number of rotatable bonds is 47. The Bertz CT molecular complexity index is 1310. The van der Waals surface area contributed by atoms with Crippen LogP contribution in [0.25, 0.3) is 0 Å². The van der Waals surface area contributed by atoms with Gasteiger partial charge in [0.1, 0.15) is 13.2 Å². The van der Waals surface area contributed by atoms with E-state index in [2.05, 4.69) is 118 Å². The molecule has 0 aliphatic carbocycles. The number of carbonyl (C=O) groups excluding carboxylic acids is 3. The summed E-state index contributed by atoms with van der Waals surface area (Å²) in [5.74, 6) is -1.04. The maximum atomic E-state index is 12.8. The maximum Gasteiger partial charge on any atom is 0.306 e. The number of hydrogen-bond donors (Lipinski definition) is 0. The Balaban J connectivity index is 4.57. The van der Waals surface area contributed by atoms with Gasteiger partial charge in [-0.15, -0.1) is 0 Å². The van der Waals surface area contributed by atoms with Crippen molar-refractivity contribution in [2.75, 3.05) is 13.2 Å². The van der Waals surface area contributed by atoms with Gasteiger partial charge < -0.3 is 14.2 Å². The molecule has 0 aromatic carbocycles. The molecule has 0 saturated carbocycles. The summed E-state index contributed by atoms with van der Waals surface area (Å²) in [4.78, 5) is 38.0. The van der Waals surface area contributed by atoms with Crippen LogP contribution in [0.3, 0.4) is 0 Å². The lowest BCUT2D eigenvalue weighted by Crippen LogP contribution is -2.30. The quantitative estimate of drug-likeness (QED) is 0.0262. The van der Waals surface area contributed by atoms with E-state index in [1.165, 1.54) is 109 Å². The Hall–Kier alpha value is -3.67. The summed E-state index contributed by atoms with van der Waals surface area (Å²) < 4.78 is 16.7. The van der Waals surface area contributed by atoms with Crippen LogP contribution in [0, 0.1) is 0 Å². The molecule has 1 atom stereocenters. The molecule has 0 amide bonds. The third kappa shape index (κ3) is 51.2. The molecule has 0 aromatic rings. The molecular weight excluding hydrogens is 805 g/mol. The van der Waals surface area contributed by atoms with E-state index in [0.717, 1.165) is 77.0 Å². The molecule has 6 heteroatoms. The summed E-state index contributed by atoms with van der Waals surface area (Å²) in [5.41, 5.74) is 0.